The van der Waals surface area contributed by atoms with Gasteiger partial charge >= 0.3 is 0 Å². The third-order valence-corrected chi connectivity index (χ3v) is 7.86. The maximum Gasteiger partial charge on any atom is 0.258 e. The van der Waals surface area contributed by atoms with Gasteiger partial charge in [0, 0.05) is 38.3 Å². The number of fused-ring (bicyclic) bond motifs is 5. The summed E-state index contributed by atoms with van der Waals surface area (Å²) >= 11 is 1.42. The van der Waals surface area contributed by atoms with Crippen LogP contribution in [0.25, 0.3) is 26.1 Å². The van der Waals surface area contributed by atoms with E-state index in [0.29, 0.717) is 73.2 Å². The maximum absolute atomic E-state index is 13.8. The zero-order valence-corrected chi connectivity index (χ0v) is 22.0. The Bertz CT molecular complexity index is 1460. The molecule has 4 aromatic rings. The second kappa shape index (κ2) is 10.1. The Kier molecular flexibility index (Phi) is 6.92. The Hall–Kier alpha value is -3.08. The van der Waals surface area contributed by atoms with Gasteiger partial charge in [0.25, 0.3) is 5.91 Å². The van der Waals surface area contributed by atoms with Crippen molar-refractivity contribution >= 4 is 49.1 Å². The van der Waals surface area contributed by atoms with Crippen LogP contribution in [0.2, 0.25) is 0 Å². The van der Waals surface area contributed by atoms with Crippen LogP contribution in [0.1, 0.15) is 38.1 Å². The number of hydrogen-bond donors (Lipinski definition) is 1. The number of carbonyl (C=O) groups excluding carboxylic acids is 1. The molecule has 1 aromatic carbocycles. The second-order valence-electron chi connectivity index (χ2n) is 9.63. The molecule has 190 valence electrons. The standard InChI is InChI=1S/C26H32N6O3S/c1-16(2)31(17(3)4)10-9-27-25(34)22-23(33)18-15-21(30-11-13-35-14-12-30)28-29-24(18)32-19-7-5-6-8-20(19)36-26(22)32/h5-8,15-17H,9-14H2,1-4H3,(H,27,34). The lowest BCUT2D eigenvalue weighted by Gasteiger charge is -2.30. The van der Waals surface area contributed by atoms with E-state index in [1.165, 1.54) is 11.3 Å². The number of carbonyl (C=O) groups is 1. The van der Waals surface area contributed by atoms with E-state index in [2.05, 4.69) is 53.0 Å². The van der Waals surface area contributed by atoms with Crippen LogP contribution in [0, 0.1) is 0 Å². The molecule has 0 radical (unpaired) electrons. The molecule has 10 heteroatoms. The van der Waals surface area contributed by atoms with Gasteiger partial charge in [-0.05, 0) is 45.9 Å². The predicted molar refractivity (Wildman–Crippen MR) is 144 cm³/mol. The molecule has 0 spiro atoms. The Labute approximate surface area is 213 Å². The van der Waals surface area contributed by atoms with Gasteiger partial charge in [-0.25, -0.2) is 0 Å². The molecule has 5 rings (SSSR count). The van der Waals surface area contributed by atoms with Crippen molar-refractivity contribution in [1.29, 1.82) is 0 Å². The van der Waals surface area contributed by atoms with E-state index in [9.17, 15) is 9.59 Å². The van der Waals surface area contributed by atoms with Crippen LogP contribution in [0.5, 0.6) is 0 Å². The quantitative estimate of drug-likeness (QED) is 0.410. The van der Waals surface area contributed by atoms with Crippen LogP contribution in [-0.4, -0.2) is 76.9 Å². The highest BCUT2D eigenvalue weighted by Gasteiger charge is 2.24. The molecule has 1 aliphatic heterocycles. The number of anilines is 1. The average molecular weight is 509 g/mol. The van der Waals surface area contributed by atoms with E-state index in [0.717, 1.165) is 10.2 Å². The van der Waals surface area contributed by atoms with Crippen molar-refractivity contribution in [3.8, 4) is 0 Å². The minimum atomic E-state index is -0.358. The highest BCUT2D eigenvalue weighted by atomic mass is 32.1. The van der Waals surface area contributed by atoms with Gasteiger partial charge in [-0.3, -0.25) is 18.9 Å². The van der Waals surface area contributed by atoms with E-state index in [1.54, 1.807) is 6.07 Å². The molecule has 4 heterocycles. The summed E-state index contributed by atoms with van der Waals surface area (Å²) in [6, 6.07) is 10.4. The zero-order chi connectivity index (χ0) is 25.4. The molecule has 1 amide bonds. The van der Waals surface area contributed by atoms with E-state index < -0.39 is 0 Å². The summed E-state index contributed by atoms with van der Waals surface area (Å²) in [5, 5.41) is 12.3. The SMILES string of the molecule is CC(C)N(CCNC(=O)c1c(=O)c2cc(N3CCOCC3)nnc2n2c1sc1ccccc12)C(C)C. The number of rotatable bonds is 7. The third-order valence-electron chi connectivity index (χ3n) is 6.72. The first-order valence-electron chi connectivity index (χ1n) is 12.5. The summed E-state index contributed by atoms with van der Waals surface area (Å²) in [6.07, 6.45) is 0. The topological polar surface area (TPSA) is 92.1 Å². The lowest BCUT2D eigenvalue weighted by atomic mass is 10.1. The van der Waals surface area contributed by atoms with Crippen LogP contribution in [0.4, 0.5) is 5.82 Å². The summed E-state index contributed by atoms with van der Waals surface area (Å²) in [6.45, 7) is 12.3. The van der Waals surface area contributed by atoms with E-state index in [4.69, 9.17) is 4.74 Å². The Morgan fingerprint density at radius 3 is 2.58 bits per heavy atom. The number of benzene rings is 1. The Morgan fingerprint density at radius 2 is 1.86 bits per heavy atom. The van der Waals surface area contributed by atoms with Crippen molar-refractivity contribution < 1.29 is 9.53 Å². The Morgan fingerprint density at radius 1 is 1.14 bits per heavy atom. The van der Waals surface area contributed by atoms with Crippen LogP contribution in [0.3, 0.4) is 0 Å². The molecule has 36 heavy (non-hydrogen) atoms. The van der Waals surface area contributed by atoms with Gasteiger partial charge in [0.15, 0.2) is 11.5 Å². The highest BCUT2D eigenvalue weighted by Crippen LogP contribution is 2.31. The molecule has 9 nitrogen and oxygen atoms in total. The number of pyridine rings is 1. The van der Waals surface area contributed by atoms with Crippen LogP contribution in [0.15, 0.2) is 35.1 Å². The first-order valence-corrected chi connectivity index (χ1v) is 13.3. The molecule has 0 unspecified atom stereocenters. The van der Waals surface area contributed by atoms with Crippen molar-refractivity contribution in [2.45, 2.75) is 39.8 Å². The minimum absolute atomic E-state index is 0.158. The van der Waals surface area contributed by atoms with Gasteiger partial charge in [-0.2, -0.15) is 0 Å². The monoisotopic (exact) mass is 508 g/mol. The van der Waals surface area contributed by atoms with Gasteiger partial charge in [0.2, 0.25) is 5.43 Å². The fourth-order valence-corrected chi connectivity index (χ4v) is 6.13. The van der Waals surface area contributed by atoms with Gasteiger partial charge in [0.1, 0.15) is 10.4 Å². The zero-order valence-electron chi connectivity index (χ0n) is 21.2. The van der Waals surface area contributed by atoms with E-state index >= 15 is 0 Å². The molecule has 3 aromatic heterocycles. The number of amides is 1. The number of nitrogens with one attached hydrogen (secondary N) is 1. The molecular formula is C26H32N6O3S. The molecule has 0 bridgehead atoms. The summed E-state index contributed by atoms with van der Waals surface area (Å²) < 4.78 is 8.33. The van der Waals surface area contributed by atoms with Crippen LogP contribution >= 0.6 is 11.3 Å². The molecular weight excluding hydrogens is 476 g/mol. The summed E-state index contributed by atoms with van der Waals surface area (Å²) in [5.74, 6) is 0.265. The van der Waals surface area contributed by atoms with Crippen LogP contribution in [-0.2, 0) is 4.74 Å². The van der Waals surface area contributed by atoms with Crippen molar-refractivity contribution in [1.82, 2.24) is 24.8 Å². The largest absolute Gasteiger partial charge is 0.378 e. The Balaban J connectivity index is 1.61. The molecule has 0 atom stereocenters. The van der Waals surface area contributed by atoms with Crippen molar-refractivity contribution in [3.63, 3.8) is 0 Å². The summed E-state index contributed by atoms with van der Waals surface area (Å²) in [5.41, 5.74) is 1.20. The molecule has 1 saturated heterocycles. The molecule has 0 aliphatic carbocycles. The van der Waals surface area contributed by atoms with Gasteiger partial charge in [0.05, 0.1) is 28.8 Å². The van der Waals surface area contributed by atoms with Gasteiger partial charge < -0.3 is 15.0 Å². The number of nitrogens with zero attached hydrogens (tertiary/aromatic N) is 5. The molecule has 1 aliphatic rings. The first-order chi connectivity index (χ1) is 17.4. The first kappa shape index (κ1) is 24.6. The number of para-hydroxylation sites is 1. The second-order valence-corrected chi connectivity index (χ2v) is 10.7. The predicted octanol–water partition coefficient (Wildman–Crippen LogP) is 3.14. The van der Waals surface area contributed by atoms with Gasteiger partial charge in [-0.1, -0.05) is 12.1 Å². The minimum Gasteiger partial charge on any atom is -0.378 e. The number of aromatic nitrogens is 3. The number of hydrogen-bond acceptors (Lipinski definition) is 8. The molecule has 1 fully saturated rings. The summed E-state index contributed by atoms with van der Waals surface area (Å²) in [7, 11) is 0. The fourth-order valence-electron chi connectivity index (χ4n) is 4.95. The van der Waals surface area contributed by atoms with Crippen molar-refractivity contribution in [3.05, 3.63) is 46.1 Å². The van der Waals surface area contributed by atoms with Crippen LogP contribution < -0.4 is 15.6 Å². The third kappa shape index (κ3) is 4.44. The lowest BCUT2D eigenvalue weighted by Crippen LogP contribution is -2.43. The number of morpholine rings is 1. The molecule has 1 N–H and O–H groups in total. The normalized spacial score (nSPS) is 14.7. The average Bonchev–Trinajstić information content (AvgIpc) is 3.25. The highest BCUT2D eigenvalue weighted by molar-refractivity contribution is 7.24. The smallest absolute Gasteiger partial charge is 0.258 e. The van der Waals surface area contributed by atoms with E-state index in [1.807, 2.05) is 28.7 Å². The van der Waals surface area contributed by atoms with Crippen molar-refractivity contribution in [2.24, 2.45) is 0 Å². The van der Waals surface area contributed by atoms with Crippen molar-refractivity contribution in [2.75, 3.05) is 44.3 Å². The number of thiazole rings is 1. The summed E-state index contributed by atoms with van der Waals surface area (Å²) in [4.78, 5) is 32.3. The fraction of sp³-hybridized carbons (Fsp3) is 0.462. The van der Waals surface area contributed by atoms with Gasteiger partial charge in [-0.15, -0.1) is 21.5 Å². The van der Waals surface area contributed by atoms with E-state index in [-0.39, 0.29) is 16.9 Å². The lowest BCUT2D eigenvalue weighted by molar-refractivity contribution is 0.0940. The maximum atomic E-state index is 13.8. The molecule has 0 saturated carbocycles. The number of ether oxygens (including phenoxy) is 1.